The Hall–Kier alpha value is -3.16. The number of aryl methyl sites for hydroxylation is 1. The number of hydrogen-bond donors (Lipinski definition) is 0. The van der Waals surface area contributed by atoms with Gasteiger partial charge in [0.2, 0.25) is 5.91 Å². The van der Waals surface area contributed by atoms with E-state index in [0.717, 1.165) is 17.4 Å². The quantitative estimate of drug-likeness (QED) is 0.234. The van der Waals surface area contributed by atoms with E-state index in [4.69, 9.17) is 13.9 Å². The molecule has 1 amide bonds. The molecular formula is C27H37NO7. The summed E-state index contributed by atoms with van der Waals surface area (Å²) in [5.41, 5.74) is 0.429. The first-order valence-electron chi connectivity index (χ1n) is 12.1. The van der Waals surface area contributed by atoms with Crippen LogP contribution in [0.2, 0.25) is 0 Å². The van der Waals surface area contributed by atoms with Gasteiger partial charge in [-0.05, 0) is 37.5 Å². The van der Waals surface area contributed by atoms with Crippen molar-refractivity contribution in [2.45, 2.75) is 66.7 Å². The van der Waals surface area contributed by atoms with Gasteiger partial charge in [-0.3, -0.25) is 14.4 Å². The maximum Gasteiger partial charge on any atom is 0.336 e. The summed E-state index contributed by atoms with van der Waals surface area (Å²) in [6.45, 7) is 10.6. The van der Waals surface area contributed by atoms with Crippen molar-refractivity contribution in [2.75, 3.05) is 26.3 Å². The van der Waals surface area contributed by atoms with E-state index < -0.39 is 17.0 Å². The Balaban J connectivity index is 1.75. The van der Waals surface area contributed by atoms with Crippen LogP contribution in [0.15, 0.2) is 33.5 Å². The molecule has 0 bridgehead atoms. The first kappa shape index (κ1) is 28.1. The first-order valence-corrected chi connectivity index (χ1v) is 12.1. The summed E-state index contributed by atoms with van der Waals surface area (Å²) >= 11 is 0. The number of ether oxygens (including phenoxy) is 2. The molecule has 0 unspecified atom stereocenters. The van der Waals surface area contributed by atoms with Crippen molar-refractivity contribution >= 4 is 28.6 Å². The van der Waals surface area contributed by atoms with E-state index in [1.54, 1.807) is 11.0 Å². The van der Waals surface area contributed by atoms with Gasteiger partial charge >= 0.3 is 11.6 Å². The van der Waals surface area contributed by atoms with Crippen molar-refractivity contribution in [1.29, 1.82) is 0 Å². The van der Waals surface area contributed by atoms with E-state index in [2.05, 4.69) is 0 Å². The maximum atomic E-state index is 12.6. The van der Waals surface area contributed by atoms with Crippen LogP contribution >= 0.6 is 0 Å². The molecule has 1 aromatic heterocycles. The minimum atomic E-state index is -0.475. The molecule has 8 heteroatoms. The summed E-state index contributed by atoms with van der Waals surface area (Å²) in [5, 5.41) is 0.851. The number of esters is 1. The third kappa shape index (κ3) is 9.19. The summed E-state index contributed by atoms with van der Waals surface area (Å²) in [6.07, 6.45) is 1.81. The molecule has 0 aliphatic carbocycles. The van der Waals surface area contributed by atoms with Crippen LogP contribution in [0.1, 0.15) is 65.4 Å². The van der Waals surface area contributed by atoms with E-state index in [1.807, 2.05) is 46.8 Å². The zero-order chi connectivity index (χ0) is 26.0. The van der Waals surface area contributed by atoms with Crippen molar-refractivity contribution in [2.24, 2.45) is 5.41 Å². The van der Waals surface area contributed by atoms with Gasteiger partial charge < -0.3 is 18.8 Å². The van der Waals surface area contributed by atoms with Gasteiger partial charge in [0.1, 0.15) is 23.7 Å². The van der Waals surface area contributed by atoms with Crippen LogP contribution in [-0.2, 0) is 19.1 Å². The average molecular weight is 488 g/mol. The van der Waals surface area contributed by atoms with Crippen LogP contribution in [0.5, 0.6) is 5.75 Å². The highest BCUT2D eigenvalue weighted by Crippen LogP contribution is 2.22. The highest BCUT2D eigenvalue weighted by atomic mass is 16.5. The standard InChI is InChI=1S/C27H37NO7/c1-6-13-28(14-16-34-25(31)12-11-23(29)27(3,4)5)24(30)8-7-15-33-20-9-10-21-19(2)17-26(32)35-22(21)18-20/h9-10,17-18H,6-8,11-16H2,1-5H3. The number of fused-ring (bicyclic) bond motifs is 1. The number of ketones is 1. The third-order valence-electron chi connectivity index (χ3n) is 5.59. The molecule has 1 aromatic carbocycles. The summed E-state index contributed by atoms with van der Waals surface area (Å²) in [4.78, 5) is 49.8. The fourth-order valence-corrected chi connectivity index (χ4v) is 3.53. The Morgan fingerprint density at radius 3 is 2.43 bits per heavy atom. The van der Waals surface area contributed by atoms with E-state index in [9.17, 15) is 19.2 Å². The largest absolute Gasteiger partial charge is 0.493 e. The van der Waals surface area contributed by atoms with Gasteiger partial charge in [0, 0.05) is 42.3 Å². The molecule has 0 N–H and O–H groups in total. The fourth-order valence-electron chi connectivity index (χ4n) is 3.53. The van der Waals surface area contributed by atoms with Crippen LogP contribution in [0.25, 0.3) is 11.0 Å². The van der Waals surface area contributed by atoms with Crippen LogP contribution in [-0.4, -0.2) is 48.9 Å². The van der Waals surface area contributed by atoms with E-state index in [-0.39, 0.29) is 31.1 Å². The van der Waals surface area contributed by atoms with Gasteiger partial charge in [-0.25, -0.2) is 4.79 Å². The Morgan fingerprint density at radius 1 is 1.00 bits per heavy atom. The van der Waals surface area contributed by atoms with E-state index >= 15 is 0 Å². The zero-order valence-electron chi connectivity index (χ0n) is 21.5. The van der Waals surface area contributed by atoms with Gasteiger partial charge in [-0.1, -0.05) is 27.7 Å². The maximum absolute atomic E-state index is 12.6. The third-order valence-corrected chi connectivity index (χ3v) is 5.59. The normalized spacial score (nSPS) is 11.3. The summed E-state index contributed by atoms with van der Waals surface area (Å²) < 4.78 is 16.2. The summed E-state index contributed by atoms with van der Waals surface area (Å²) in [7, 11) is 0. The Bertz CT molecular complexity index is 1080. The highest BCUT2D eigenvalue weighted by Gasteiger charge is 2.22. The summed E-state index contributed by atoms with van der Waals surface area (Å²) in [6, 6.07) is 6.78. The first-order chi connectivity index (χ1) is 16.5. The molecule has 2 rings (SSSR count). The molecule has 0 atom stereocenters. The lowest BCUT2D eigenvalue weighted by Crippen LogP contribution is -2.35. The topological polar surface area (TPSA) is 103 Å². The smallest absolute Gasteiger partial charge is 0.336 e. The lowest BCUT2D eigenvalue weighted by Gasteiger charge is -2.22. The van der Waals surface area contributed by atoms with Crippen molar-refractivity contribution in [1.82, 2.24) is 4.90 Å². The van der Waals surface area contributed by atoms with E-state index in [1.165, 1.54) is 6.07 Å². The van der Waals surface area contributed by atoms with Gasteiger partial charge in [-0.15, -0.1) is 0 Å². The van der Waals surface area contributed by atoms with Gasteiger partial charge in [0.15, 0.2) is 0 Å². The monoisotopic (exact) mass is 487 g/mol. The molecule has 0 spiro atoms. The molecule has 0 saturated carbocycles. The van der Waals surface area contributed by atoms with Gasteiger partial charge in [0.25, 0.3) is 0 Å². The number of hydrogen-bond acceptors (Lipinski definition) is 7. The fraction of sp³-hybridized carbons (Fsp3) is 0.556. The molecule has 8 nitrogen and oxygen atoms in total. The predicted octanol–water partition coefficient (Wildman–Crippen LogP) is 4.44. The molecule has 0 saturated heterocycles. The number of rotatable bonds is 13. The minimum absolute atomic E-state index is 0.0165. The SMILES string of the molecule is CCCN(CCOC(=O)CCC(=O)C(C)(C)C)C(=O)CCCOc1ccc2c(C)cc(=O)oc2c1. The molecule has 0 aliphatic rings. The predicted molar refractivity (Wildman–Crippen MR) is 133 cm³/mol. The van der Waals surface area contributed by atoms with Crippen LogP contribution < -0.4 is 10.4 Å². The molecule has 0 fully saturated rings. The van der Waals surface area contributed by atoms with Gasteiger partial charge in [-0.2, -0.15) is 0 Å². The molecule has 0 radical (unpaired) electrons. The van der Waals surface area contributed by atoms with Crippen molar-refractivity contribution in [3.05, 3.63) is 40.2 Å². The average Bonchev–Trinajstić information content (AvgIpc) is 2.78. The van der Waals surface area contributed by atoms with Crippen LogP contribution in [0.4, 0.5) is 0 Å². The summed E-state index contributed by atoms with van der Waals surface area (Å²) in [5.74, 6) is 0.125. The second-order valence-corrected chi connectivity index (χ2v) is 9.63. The molecule has 192 valence electrons. The number of carbonyl (C=O) groups excluding carboxylic acids is 3. The van der Waals surface area contributed by atoms with Crippen LogP contribution in [0, 0.1) is 12.3 Å². The number of amides is 1. The number of benzene rings is 1. The Morgan fingerprint density at radius 2 is 1.74 bits per heavy atom. The number of nitrogens with zero attached hydrogens (tertiary/aromatic N) is 1. The van der Waals surface area contributed by atoms with Crippen molar-refractivity contribution in [3.8, 4) is 5.75 Å². The number of carbonyl (C=O) groups is 3. The van der Waals surface area contributed by atoms with Crippen LogP contribution in [0.3, 0.4) is 0 Å². The second kappa shape index (κ2) is 13.1. The molecular weight excluding hydrogens is 450 g/mol. The Labute approximate surface area is 206 Å². The van der Waals surface area contributed by atoms with Crippen molar-refractivity contribution < 1.29 is 28.3 Å². The molecule has 1 heterocycles. The minimum Gasteiger partial charge on any atom is -0.493 e. The molecule has 2 aromatic rings. The highest BCUT2D eigenvalue weighted by molar-refractivity contribution is 5.86. The second-order valence-electron chi connectivity index (χ2n) is 9.63. The van der Waals surface area contributed by atoms with E-state index in [0.29, 0.717) is 43.9 Å². The van der Waals surface area contributed by atoms with Gasteiger partial charge in [0.05, 0.1) is 19.6 Å². The zero-order valence-corrected chi connectivity index (χ0v) is 21.5. The molecule has 0 aliphatic heterocycles. The van der Waals surface area contributed by atoms with Crippen molar-refractivity contribution in [3.63, 3.8) is 0 Å². The number of Topliss-reactive ketones (excluding diaryl/α,β-unsaturated/α-hetero) is 1. The lowest BCUT2D eigenvalue weighted by atomic mass is 9.88. The Kier molecular flexibility index (Phi) is 10.5. The molecule has 35 heavy (non-hydrogen) atoms. The lowest BCUT2D eigenvalue weighted by molar-refractivity contribution is -0.147.